The molecule has 0 atom stereocenters. The Balaban J connectivity index is 0.000000179. The molecule has 16 nitrogen and oxygen atoms in total. The molecule has 0 unspecified atom stereocenters. The van der Waals surface area contributed by atoms with E-state index in [0.717, 1.165) is 70.0 Å². The van der Waals surface area contributed by atoms with Crippen molar-refractivity contribution in [3.05, 3.63) is 60.0 Å². The number of carbonyl (C=O) groups is 3. The number of H-pyrrole nitrogens is 2. The maximum atomic E-state index is 12.0. The number of nitrogens with two attached hydrogens (primary N) is 1. The molecule has 328 valence electrons. The predicted octanol–water partition coefficient (Wildman–Crippen LogP) is 7.72. The third kappa shape index (κ3) is 12.2. The fourth-order valence-corrected chi connectivity index (χ4v) is 7.54. The summed E-state index contributed by atoms with van der Waals surface area (Å²) in [4.78, 5) is 48.9. The van der Waals surface area contributed by atoms with Crippen LogP contribution in [0.1, 0.15) is 113 Å². The molecule has 6 heterocycles. The van der Waals surface area contributed by atoms with Crippen molar-refractivity contribution in [3.63, 3.8) is 0 Å². The summed E-state index contributed by atoms with van der Waals surface area (Å²) in [5.41, 5.74) is 9.98. The Kier molecular flexibility index (Phi) is 14.1. The van der Waals surface area contributed by atoms with Crippen molar-refractivity contribution in [3.8, 4) is 11.5 Å². The second-order valence-electron chi connectivity index (χ2n) is 18.5. The zero-order valence-electron chi connectivity index (χ0n) is 35.7. The molecular formula is C43H59B2N5O11. The highest BCUT2D eigenvalue weighted by Crippen LogP contribution is 2.49. The van der Waals surface area contributed by atoms with E-state index in [4.69, 9.17) is 29.3 Å². The van der Waals surface area contributed by atoms with Crippen LogP contribution in [0, 0.1) is 17.8 Å². The zero-order valence-corrected chi connectivity index (χ0v) is 35.7. The summed E-state index contributed by atoms with van der Waals surface area (Å²) in [6.07, 6.45) is 9.12. The maximum absolute atomic E-state index is 12.0. The molecule has 61 heavy (non-hydrogen) atoms. The van der Waals surface area contributed by atoms with E-state index in [1.807, 2.05) is 45.3 Å². The van der Waals surface area contributed by atoms with Gasteiger partial charge in [0.2, 0.25) is 0 Å². The van der Waals surface area contributed by atoms with Gasteiger partial charge in [0.15, 0.2) is 0 Å². The average molecular weight is 844 g/mol. The number of nitrogens with zero attached hydrogens (tertiary/aromatic N) is 2. The minimum Gasteiger partial charge on any atom is -0.531 e. The molecule has 0 bridgehead atoms. The number of aromatic amines is 2. The molecule has 8 rings (SSSR count). The molecule has 4 aromatic heterocycles. The minimum absolute atomic E-state index is 0. The molecule has 0 amide bonds. The van der Waals surface area contributed by atoms with E-state index in [-0.39, 0.29) is 19.4 Å². The highest BCUT2D eigenvalue weighted by molar-refractivity contribution is 6.53. The van der Waals surface area contributed by atoms with Gasteiger partial charge in [-0.2, -0.15) is 0 Å². The molecule has 0 spiro atoms. The first-order valence-electron chi connectivity index (χ1n) is 20.2. The number of nitrogens with one attached hydrogen (secondary N) is 2. The standard InChI is InChI=1S/C19H23BN2O4.C13H14BN3O2.C10H18O5.CH4/c1-19(2,3)25-16(23)8-11-6-12(7-11)14-9-20(24)26-15-10-22-18-13(17(14)15)4-5-21-18;15-8-3-7(4-8)10-5-14(18)19-11-6-17-13-9(12(10)11)1-2-16-13;1-9(2,3)14-7(11)13-8(12)15-10(4,5)6;/h4-5,9-12,24H,6-8H2,1-3H3,(H,21,22);1-2,5-8,18H,3-4,15H2,(H,16,17);1-6H3;1H4. The summed E-state index contributed by atoms with van der Waals surface area (Å²) >= 11 is 0. The Morgan fingerprint density at radius 1 is 0.721 bits per heavy atom. The quantitative estimate of drug-likeness (QED) is 0.0573. The van der Waals surface area contributed by atoms with Crippen LogP contribution in [0.3, 0.4) is 0 Å². The first kappa shape index (κ1) is 46.7. The Labute approximate surface area is 357 Å². The van der Waals surface area contributed by atoms with E-state index >= 15 is 0 Å². The Morgan fingerprint density at radius 3 is 1.52 bits per heavy atom. The summed E-state index contributed by atoms with van der Waals surface area (Å²) < 4.78 is 30.2. The van der Waals surface area contributed by atoms with Crippen LogP contribution in [0.15, 0.2) is 48.9 Å². The molecule has 4 aliphatic rings. The topological polar surface area (TPSA) is 230 Å². The molecular weight excluding hydrogens is 784 g/mol. The molecule has 2 saturated carbocycles. The van der Waals surface area contributed by atoms with Crippen LogP contribution in [-0.2, 0) is 23.7 Å². The number of allylic oxidation sites excluding steroid dienone is 2. The molecule has 2 fully saturated rings. The van der Waals surface area contributed by atoms with Crippen LogP contribution in [-0.4, -0.2) is 85.3 Å². The van der Waals surface area contributed by atoms with Crippen molar-refractivity contribution >= 4 is 65.7 Å². The second kappa shape index (κ2) is 18.3. The number of carbonyl (C=O) groups excluding carboxylic acids is 3. The van der Waals surface area contributed by atoms with Gasteiger partial charge >= 0.3 is 32.5 Å². The average Bonchev–Trinajstić information content (AvgIpc) is 3.75. The number of fused-ring (bicyclic) bond motifs is 6. The third-order valence-electron chi connectivity index (χ3n) is 9.93. The Hall–Kier alpha value is -5.32. The number of hydrogen-bond acceptors (Lipinski definition) is 14. The van der Waals surface area contributed by atoms with Crippen molar-refractivity contribution < 1.29 is 52.7 Å². The predicted molar refractivity (Wildman–Crippen MR) is 233 cm³/mol. The van der Waals surface area contributed by atoms with Gasteiger partial charge in [0, 0.05) is 46.8 Å². The fourth-order valence-electron chi connectivity index (χ4n) is 7.54. The minimum atomic E-state index is -1.06. The van der Waals surface area contributed by atoms with Crippen LogP contribution in [0.2, 0.25) is 0 Å². The molecule has 0 radical (unpaired) electrons. The van der Waals surface area contributed by atoms with Crippen LogP contribution >= 0.6 is 0 Å². The molecule has 18 heteroatoms. The maximum Gasteiger partial charge on any atom is 0.552 e. The Morgan fingerprint density at radius 2 is 1.13 bits per heavy atom. The van der Waals surface area contributed by atoms with E-state index < -0.39 is 43.4 Å². The number of rotatable bonds is 4. The molecule has 2 aliphatic heterocycles. The molecule has 0 aromatic carbocycles. The van der Waals surface area contributed by atoms with E-state index in [0.29, 0.717) is 35.7 Å². The van der Waals surface area contributed by atoms with Gasteiger partial charge in [0.25, 0.3) is 0 Å². The van der Waals surface area contributed by atoms with Gasteiger partial charge in [-0.15, -0.1) is 0 Å². The number of esters is 1. The van der Waals surface area contributed by atoms with Crippen molar-refractivity contribution in [1.82, 2.24) is 19.9 Å². The van der Waals surface area contributed by atoms with Crippen molar-refractivity contribution in [2.75, 3.05) is 0 Å². The largest absolute Gasteiger partial charge is 0.552 e. The fraction of sp³-hybridized carbons (Fsp3) is 0.512. The van der Waals surface area contributed by atoms with Crippen molar-refractivity contribution in [2.45, 2.75) is 125 Å². The monoisotopic (exact) mass is 843 g/mol. The molecule has 6 N–H and O–H groups in total. The lowest BCUT2D eigenvalue weighted by molar-refractivity contribution is -0.156. The van der Waals surface area contributed by atoms with Gasteiger partial charge in [-0.05, 0) is 141 Å². The highest BCUT2D eigenvalue weighted by Gasteiger charge is 2.39. The number of pyridine rings is 2. The van der Waals surface area contributed by atoms with Crippen LogP contribution in [0.25, 0.3) is 33.2 Å². The Bertz CT molecular complexity index is 2250. The third-order valence-corrected chi connectivity index (χ3v) is 9.93. The highest BCUT2D eigenvalue weighted by atomic mass is 16.8. The van der Waals surface area contributed by atoms with Gasteiger partial charge < -0.3 is 54.0 Å². The van der Waals surface area contributed by atoms with Gasteiger partial charge in [-0.25, -0.2) is 19.6 Å². The normalized spacial score (nSPS) is 20.4. The smallest absolute Gasteiger partial charge is 0.531 e. The summed E-state index contributed by atoms with van der Waals surface area (Å²) in [6, 6.07) is 4.25. The van der Waals surface area contributed by atoms with E-state index in [2.05, 4.69) is 24.7 Å². The van der Waals surface area contributed by atoms with E-state index in [1.54, 1.807) is 65.9 Å². The van der Waals surface area contributed by atoms with Gasteiger partial charge in [0.05, 0.1) is 12.4 Å². The lowest BCUT2D eigenvalue weighted by Gasteiger charge is -2.39. The van der Waals surface area contributed by atoms with Crippen LogP contribution in [0.5, 0.6) is 11.5 Å². The van der Waals surface area contributed by atoms with Crippen LogP contribution < -0.4 is 15.0 Å². The lowest BCUT2D eigenvalue weighted by Crippen LogP contribution is -2.38. The summed E-state index contributed by atoms with van der Waals surface area (Å²) in [7, 11) is -1.85. The molecule has 0 saturated heterocycles. The zero-order chi connectivity index (χ0) is 43.7. The summed E-state index contributed by atoms with van der Waals surface area (Å²) in [5, 5.41) is 21.9. The summed E-state index contributed by atoms with van der Waals surface area (Å²) in [5.74, 6) is 5.74. The number of aromatic nitrogens is 4. The molecule has 4 aromatic rings. The SMILES string of the molecule is C.CC(C)(C)OC(=O)CC1CC(C2=CB(O)Oc3cnc4[nH]ccc4c32)C1.CC(C)(C)OC(=O)OC(=O)OC(C)(C)C.NC1CC(C2=CB(O)Oc3cnc4[nH]ccc4c32)C1. The van der Waals surface area contributed by atoms with Gasteiger partial charge in [-0.3, -0.25) is 4.79 Å². The van der Waals surface area contributed by atoms with Gasteiger partial charge in [0.1, 0.15) is 39.6 Å². The van der Waals surface area contributed by atoms with E-state index in [9.17, 15) is 24.4 Å². The number of hydrogen-bond donors (Lipinski definition) is 5. The summed E-state index contributed by atoms with van der Waals surface area (Å²) in [6.45, 7) is 15.7. The first-order valence-corrected chi connectivity index (χ1v) is 20.2. The molecule has 2 aliphatic carbocycles. The van der Waals surface area contributed by atoms with E-state index in [1.165, 1.54) is 0 Å². The lowest BCUT2D eigenvalue weighted by atomic mass is 9.65. The van der Waals surface area contributed by atoms with Crippen molar-refractivity contribution in [2.24, 2.45) is 23.5 Å². The second-order valence-corrected chi connectivity index (χ2v) is 18.5. The van der Waals surface area contributed by atoms with Crippen molar-refractivity contribution in [1.29, 1.82) is 0 Å². The van der Waals surface area contributed by atoms with Crippen LogP contribution in [0.4, 0.5) is 9.59 Å². The number of ether oxygens (including phenoxy) is 4. The first-order chi connectivity index (χ1) is 28.0. The van der Waals surface area contributed by atoms with Gasteiger partial charge in [-0.1, -0.05) is 7.43 Å².